The maximum absolute atomic E-state index is 14.1. The van der Waals surface area contributed by atoms with Crippen molar-refractivity contribution in [3.05, 3.63) is 215 Å². The van der Waals surface area contributed by atoms with Gasteiger partial charge in [-0.25, -0.2) is 9.59 Å². The Morgan fingerprint density at radius 1 is 0.519 bits per heavy atom. The van der Waals surface area contributed by atoms with Crippen molar-refractivity contribution < 1.29 is 68.4 Å². The zero-order chi connectivity index (χ0) is 51.7. The molecule has 0 aliphatic carbocycles. The van der Waals surface area contributed by atoms with Crippen molar-refractivity contribution in [2.45, 2.75) is 95.8 Å². The van der Waals surface area contributed by atoms with Gasteiger partial charge in [-0.1, -0.05) is 189 Å². The Morgan fingerprint density at radius 3 is 1.09 bits per heavy atom. The number of nitrogens with zero attached hydrogens (tertiary/aromatic N) is 4. The van der Waals surface area contributed by atoms with Gasteiger partial charge in [-0.3, -0.25) is 19.2 Å². The fourth-order valence-electron chi connectivity index (χ4n) is 10.4. The maximum atomic E-state index is 14.1. The summed E-state index contributed by atoms with van der Waals surface area (Å²) in [5.41, 5.74) is 5.76. The number of esters is 1. The minimum absolute atomic E-state index is 0. The number of ether oxygens (including phenoxy) is 1. The van der Waals surface area contributed by atoms with E-state index in [9.17, 15) is 33.9 Å². The Kier molecular flexibility index (Phi) is 26.3. The number of carbonyl (C=O) groups excluding carboxylic acids is 5. The van der Waals surface area contributed by atoms with Crippen LogP contribution in [0.3, 0.4) is 0 Å². The molecule has 6 aromatic rings. The van der Waals surface area contributed by atoms with E-state index in [-0.39, 0.29) is 85.9 Å². The number of amides is 4. The average Bonchev–Trinajstić information content (AvgIpc) is 4.07. The first-order chi connectivity index (χ1) is 35.4. The van der Waals surface area contributed by atoms with Gasteiger partial charge in [-0.2, -0.15) is 0 Å². The van der Waals surface area contributed by atoms with Crippen LogP contribution in [0, 0.1) is 0 Å². The molecule has 8 rings (SSSR count). The number of carbonyl (C=O) groups is 6. The molecule has 6 aromatic carbocycles. The summed E-state index contributed by atoms with van der Waals surface area (Å²) in [5.74, 6) is -3.25. The number of hydrogen-bond acceptors (Lipinski definition) is 8. The fraction of sp³-hybridized carbons (Fsp3) is 0.323. The van der Waals surface area contributed by atoms with Gasteiger partial charge in [0.1, 0.15) is 12.1 Å². The molecular weight excluding hydrogens is 968 g/mol. The molecule has 0 spiro atoms. The van der Waals surface area contributed by atoms with Crippen molar-refractivity contribution >= 4 is 35.6 Å². The molecule has 0 radical (unpaired) electrons. The number of benzene rings is 6. The van der Waals surface area contributed by atoms with Crippen molar-refractivity contribution in [1.29, 1.82) is 0 Å². The minimum atomic E-state index is -1.04. The van der Waals surface area contributed by atoms with Crippen LogP contribution in [-0.2, 0) is 46.3 Å². The summed E-state index contributed by atoms with van der Waals surface area (Å²) in [4.78, 5) is 85.1. The molecule has 4 atom stereocenters. The molecule has 2 fully saturated rings. The number of aliphatic carboxylic acids is 1. The Bertz CT molecular complexity index is 2670. The monoisotopic (exact) mass is 1040 g/mol. The van der Waals surface area contributed by atoms with E-state index in [1.807, 2.05) is 163 Å². The van der Waals surface area contributed by atoms with E-state index in [2.05, 4.69) is 24.3 Å². The molecule has 14 nitrogen and oxygen atoms in total. The molecule has 402 valence electrons. The molecular formula is C62H73LiN4O10. The summed E-state index contributed by atoms with van der Waals surface area (Å²) in [6.07, 6.45) is 3.83. The number of likely N-dealkylation sites (tertiary alicyclic amines) is 2. The number of carboxylic acids is 1. The van der Waals surface area contributed by atoms with Gasteiger partial charge in [0, 0.05) is 52.9 Å². The van der Waals surface area contributed by atoms with Crippen molar-refractivity contribution in [3.63, 3.8) is 0 Å². The van der Waals surface area contributed by atoms with E-state index in [1.54, 1.807) is 16.7 Å². The molecule has 4 N–H and O–H groups in total. The van der Waals surface area contributed by atoms with Gasteiger partial charge in [0.2, 0.25) is 23.6 Å². The van der Waals surface area contributed by atoms with E-state index < -0.39 is 35.9 Å². The van der Waals surface area contributed by atoms with Crippen molar-refractivity contribution in [2.24, 2.45) is 0 Å². The Hall–Kier alpha value is -7.34. The molecule has 2 aliphatic heterocycles. The van der Waals surface area contributed by atoms with E-state index >= 15 is 0 Å². The molecule has 0 aromatic heterocycles. The van der Waals surface area contributed by atoms with Crippen molar-refractivity contribution in [2.75, 3.05) is 33.3 Å². The number of methoxy groups -OCH3 is 1. The first-order valence-corrected chi connectivity index (χ1v) is 25.2. The summed E-state index contributed by atoms with van der Waals surface area (Å²) in [6, 6.07) is 56.0. The summed E-state index contributed by atoms with van der Waals surface area (Å²) in [6.45, 7) is 4.64. The van der Waals surface area contributed by atoms with Crippen LogP contribution in [0.2, 0.25) is 0 Å². The van der Waals surface area contributed by atoms with Crippen LogP contribution in [0.25, 0.3) is 0 Å². The zero-order valence-electron chi connectivity index (χ0n) is 43.9. The predicted octanol–water partition coefficient (Wildman–Crippen LogP) is 5.43. The molecule has 0 unspecified atom stereocenters. The smallest absolute Gasteiger partial charge is 0.870 e. The molecule has 15 heteroatoms. The quantitative estimate of drug-likeness (QED) is 0.0859. The maximum Gasteiger partial charge on any atom is 1.00 e. The molecule has 0 saturated carbocycles. The Balaban J connectivity index is 0.000000385. The van der Waals surface area contributed by atoms with Gasteiger partial charge in [-0.15, -0.1) is 0 Å². The third-order valence-electron chi connectivity index (χ3n) is 14.0. The topological polar surface area (TPSA) is 206 Å². The first-order valence-electron chi connectivity index (χ1n) is 25.2. The predicted molar refractivity (Wildman–Crippen MR) is 293 cm³/mol. The van der Waals surface area contributed by atoms with Crippen molar-refractivity contribution in [1.82, 2.24) is 19.6 Å². The second-order valence-electron chi connectivity index (χ2n) is 18.8. The normalized spacial score (nSPS) is 16.2. The van der Waals surface area contributed by atoms with Crippen LogP contribution >= 0.6 is 0 Å². The molecule has 2 heterocycles. The van der Waals surface area contributed by atoms with Crippen molar-refractivity contribution in [3.8, 4) is 0 Å². The zero-order valence-corrected chi connectivity index (χ0v) is 43.9. The number of rotatable bonds is 18. The molecule has 0 bridgehead atoms. The summed E-state index contributed by atoms with van der Waals surface area (Å²) >= 11 is 0. The Labute approximate surface area is 465 Å². The Morgan fingerprint density at radius 2 is 0.805 bits per heavy atom. The summed E-state index contributed by atoms with van der Waals surface area (Å²) < 4.78 is 5.10. The largest absolute Gasteiger partial charge is 1.00 e. The van der Waals surface area contributed by atoms with E-state index in [0.717, 1.165) is 47.9 Å². The third-order valence-corrected chi connectivity index (χ3v) is 14.0. The second kappa shape index (κ2) is 31.6. The second-order valence-corrected chi connectivity index (χ2v) is 18.8. The van der Waals surface area contributed by atoms with Gasteiger partial charge in [0.15, 0.2) is 0 Å². The molecule has 77 heavy (non-hydrogen) atoms. The van der Waals surface area contributed by atoms with Crippen LogP contribution in [-0.4, -0.2) is 129 Å². The fourth-order valence-corrected chi connectivity index (χ4v) is 10.4. The number of hydrogen-bond donors (Lipinski definition) is 1. The van der Waals surface area contributed by atoms with Crippen LogP contribution in [0.15, 0.2) is 182 Å². The van der Waals surface area contributed by atoms with Crippen LogP contribution < -0.4 is 18.9 Å². The number of aryl methyl sites for hydroxylation is 2. The van der Waals surface area contributed by atoms with Crippen LogP contribution in [0.5, 0.6) is 0 Å². The molecule has 2 saturated heterocycles. The van der Waals surface area contributed by atoms with Gasteiger partial charge in [-0.05, 0) is 59.1 Å². The van der Waals surface area contributed by atoms with Crippen LogP contribution in [0.1, 0.15) is 92.2 Å². The van der Waals surface area contributed by atoms with Gasteiger partial charge >= 0.3 is 30.8 Å². The summed E-state index contributed by atoms with van der Waals surface area (Å²) in [5, 5.41) is 10.0. The SMILES string of the molecule is C.CC(=O)N(CCCc1ccccc1)[C@H]1C[C@@H](C(=O)O)N(C(=O)C(c2ccccc2)c2ccccc2)C1.COC(=O)[C@@H]1C[C@H](N(CCCc2ccccc2)C(C)=O)CN1C(=O)C(c1ccccc1)c1ccccc1.O.[Li+].[OH-]. The van der Waals surface area contributed by atoms with Gasteiger partial charge in [0.05, 0.1) is 31.0 Å². The minimum Gasteiger partial charge on any atom is -0.870 e. The van der Waals surface area contributed by atoms with Gasteiger partial charge < -0.3 is 40.4 Å². The standard InChI is InChI=1S/C31H34N2O4.C30H32N2O4.CH4.Li.2H2O/c1-23(34)32(20-12-15-24-13-6-3-7-14-24)27-21-28(31(36)37-2)33(22-27)30(35)29(25-16-8-4-9-17-25)26-18-10-5-11-19-26;1-22(33)31(19-11-14-23-12-5-2-6-13-23)26-20-27(30(35)36)32(21-26)29(34)28(24-15-7-3-8-16-24)25-17-9-4-10-18-25;;;;/h3-11,13-14,16-19,27-29H,12,15,20-22H2,1-2H3;2-10,12-13,15-18,26-28H,11,14,19-21H2,1H3,(H,35,36);1H4;;2*1H2/q;;;+1;;/p-1/t27-,28-;26-,27-;;;;/m00..../s1. The number of carboxylic acid groups (broad SMARTS) is 1. The molecule has 4 amide bonds. The van der Waals surface area contributed by atoms with E-state index in [0.29, 0.717) is 26.1 Å². The van der Waals surface area contributed by atoms with Gasteiger partial charge in [0.25, 0.3) is 0 Å². The van der Waals surface area contributed by atoms with E-state index in [4.69, 9.17) is 4.74 Å². The third kappa shape index (κ3) is 16.8. The van der Waals surface area contributed by atoms with E-state index in [1.165, 1.54) is 30.1 Å². The summed E-state index contributed by atoms with van der Waals surface area (Å²) in [7, 11) is 1.34. The average molecular weight is 1040 g/mol. The van der Waals surface area contributed by atoms with Crippen LogP contribution in [0.4, 0.5) is 0 Å². The first kappa shape index (κ1) is 63.9. The molecule has 2 aliphatic rings.